The van der Waals surface area contributed by atoms with E-state index in [-0.39, 0.29) is 5.91 Å². The molecule has 2 heterocycles. The van der Waals surface area contributed by atoms with Crippen LogP contribution in [0.15, 0.2) is 61.1 Å². The number of aromatic nitrogens is 3. The fraction of sp³-hybridized carbons (Fsp3) is 0.174. The van der Waals surface area contributed by atoms with Crippen LogP contribution in [-0.2, 0) is 13.1 Å². The van der Waals surface area contributed by atoms with Gasteiger partial charge in [-0.05, 0) is 53.6 Å². The van der Waals surface area contributed by atoms with Gasteiger partial charge in [0.1, 0.15) is 5.82 Å². The second-order valence-corrected chi connectivity index (χ2v) is 7.18. The minimum Gasteiger partial charge on any atom is -0.383 e. The number of nitrogens with zero attached hydrogens (tertiary/aromatic N) is 3. The molecule has 2 aromatic carbocycles. The van der Waals surface area contributed by atoms with Crippen LogP contribution in [-0.4, -0.2) is 20.7 Å². The molecule has 0 atom stereocenters. The molecule has 6 nitrogen and oxygen atoms in total. The van der Waals surface area contributed by atoms with Gasteiger partial charge in [0, 0.05) is 24.3 Å². The molecule has 0 unspecified atom stereocenters. The van der Waals surface area contributed by atoms with E-state index in [0.29, 0.717) is 24.5 Å². The number of carbonyl (C=O) groups excluding carboxylic acids is 1. The smallest absolute Gasteiger partial charge is 0.254 e. The second-order valence-electron chi connectivity index (χ2n) is 7.18. The third kappa shape index (κ3) is 3.82. The van der Waals surface area contributed by atoms with Crippen LogP contribution in [0.2, 0.25) is 0 Å². The van der Waals surface area contributed by atoms with E-state index >= 15 is 0 Å². The first kappa shape index (κ1) is 18.7. The summed E-state index contributed by atoms with van der Waals surface area (Å²) in [5, 5.41) is 9.33. The van der Waals surface area contributed by atoms with Gasteiger partial charge in [-0.3, -0.25) is 9.48 Å². The van der Waals surface area contributed by atoms with E-state index < -0.39 is 0 Å². The first-order valence-corrected chi connectivity index (χ1v) is 9.51. The maximum absolute atomic E-state index is 12.6. The number of hydrogen-bond donors (Lipinski definition) is 2. The summed E-state index contributed by atoms with van der Waals surface area (Å²) in [4.78, 5) is 16.8. The van der Waals surface area contributed by atoms with Crippen molar-refractivity contribution in [3.05, 3.63) is 88.9 Å². The van der Waals surface area contributed by atoms with Crippen LogP contribution in [0, 0.1) is 13.8 Å². The molecule has 0 radical (unpaired) electrons. The molecule has 0 spiro atoms. The van der Waals surface area contributed by atoms with Crippen molar-refractivity contribution >= 4 is 22.5 Å². The monoisotopic (exact) mass is 385 g/mol. The van der Waals surface area contributed by atoms with Gasteiger partial charge in [0.2, 0.25) is 0 Å². The number of benzene rings is 2. The van der Waals surface area contributed by atoms with E-state index in [2.05, 4.69) is 15.4 Å². The molecule has 0 bridgehead atoms. The van der Waals surface area contributed by atoms with Crippen LogP contribution in [0.5, 0.6) is 0 Å². The standard InChI is InChI=1S/C23H23N5O/c1-15-10-20-19(8-9-25-22(20)24)16(2)21(15)12-26-23(29)18-11-27-28(14-18)13-17-6-4-3-5-7-17/h3-11,14H,12-13H2,1-2H3,(H2,24,25)(H,26,29). The van der Waals surface area contributed by atoms with E-state index in [0.717, 1.165) is 33.0 Å². The fourth-order valence-electron chi connectivity index (χ4n) is 3.61. The maximum Gasteiger partial charge on any atom is 0.254 e. The highest BCUT2D eigenvalue weighted by molar-refractivity contribution is 5.95. The lowest BCUT2D eigenvalue weighted by Gasteiger charge is -2.14. The first-order chi connectivity index (χ1) is 14.0. The summed E-state index contributed by atoms with van der Waals surface area (Å²) in [5.74, 6) is 0.382. The molecule has 6 heteroatoms. The molecule has 0 aliphatic carbocycles. The largest absolute Gasteiger partial charge is 0.383 e. The Morgan fingerprint density at radius 1 is 1.14 bits per heavy atom. The van der Waals surface area contributed by atoms with Crippen LogP contribution in [0.25, 0.3) is 10.8 Å². The van der Waals surface area contributed by atoms with E-state index in [9.17, 15) is 4.79 Å². The Hall–Kier alpha value is -3.67. The van der Waals surface area contributed by atoms with Crippen LogP contribution >= 0.6 is 0 Å². The zero-order valence-electron chi connectivity index (χ0n) is 16.5. The first-order valence-electron chi connectivity index (χ1n) is 9.51. The third-order valence-corrected chi connectivity index (χ3v) is 5.22. The molecule has 4 rings (SSSR count). The molecule has 1 amide bonds. The quantitative estimate of drug-likeness (QED) is 0.549. The third-order valence-electron chi connectivity index (χ3n) is 5.22. The number of nitrogen functional groups attached to an aromatic ring is 1. The Morgan fingerprint density at radius 3 is 2.72 bits per heavy atom. The molecular weight excluding hydrogens is 362 g/mol. The Labute approximate surface area is 169 Å². The SMILES string of the molecule is Cc1cc2c(N)nccc2c(C)c1CNC(=O)c1cnn(Cc2ccccc2)c1. The molecule has 0 aliphatic heterocycles. The van der Waals surface area contributed by atoms with Crippen molar-refractivity contribution in [3.8, 4) is 0 Å². The number of aryl methyl sites for hydroxylation is 2. The molecule has 4 aromatic rings. The zero-order valence-corrected chi connectivity index (χ0v) is 16.5. The van der Waals surface area contributed by atoms with Crippen molar-refractivity contribution < 1.29 is 4.79 Å². The minimum atomic E-state index is -0.141. The molecule has 0 fully saturated rings. The van der Waals surface area contributed by atoms with Crippen molar-refractivity contribution in [1.29, 1.82) is 0 Å². The predicted molar refractivity (Wildman–Crippen MR) is 115 cm³/mol. The Bertz CT molecular complexity index is 1180. The molecular formula is C23H23N5O. The number of rotatable bonds is 5. The van der Waals surface area contributed by atoms with Gasteiger partial charge in [0.15, 0.2) is 0 Å². The van der Waals surface area contributed by atoms with Crippen molar-refractivity contribution in [2.24, 2.45) is 0 Å². The highest BCUT2D eigenvalue weighted by Crippen LogP contribution is 2.27. The average molecular weight is 385 g/mol. The summed E-state index contributed by atoms with van der Waals surface area (Å²) in [7, 11) is 0. The lowest BCUT2D eigenvalue weighted by molar-refractivity contribution is 0.0950. The summed E-state index contributed by atoms with van der Waals surface area (Å²) in [6.07, 6.45) is 5.09. The van der Waals surface area contributed by atoms with Gasteiger partial charge in [0.05, 0.1) is 18.3 Å². The predicted octanol–water partition coefficient (Wildman–Crippen LogP) is 3.61. The van der Waals surface area contributed by atoms with Crippen LogP contribution in [0.4, 0.5) is 5.82 Å². The Kier molecular flexibility index (Phi) is 4.99. The summed E-state index contributed by atoms with van der Waals surface area (Å²) in [5.41, 5.74) is 11.0. The number of pyridine rings is 1. The van der Waals surface area contributed by atoms with E-state index in [1.807, 2.05) is 56.3 Å². The number of carbonyl (C=O) groups is 1. The molecule has 0 saturated carbocycles. The zero-order chi connectivity index (χ0) is 20.4. The van der Waals surface area contributed by atoms with Gasteiger partial charge >= 0.3 is 0 Å². The maximum atomic E-state index is 12.6. The number of hydrogen-bond acceptors (Lipinski definition) is 4. The lowest BCUT2D eigenvalue weighted by Crippen LogP contribution is -2.23. The van der Waals surface area contributed by atoms with Gasteiger partial charge in [-0.2, -0.15) is 5.10 Å². The van der Waals surface area contributed by atoms with Crippen molar-refractivity contribution in [1.82, 2.24) is 20.1 Å². The van der Waals surface area contributed by atoms with Gasteiger partial charge in [-0.25, -0.2) is 4.98 Å². The Balaban J connectivity index is 1.49. The van der Waals surface area contributed by atoms with Crippen LogP contribution in [0.3, 0.4) is 0 Å². The van der Waals surface area contributed by atoms with Gasteiger partial charge in [-0.1, -0.05) is 30.3 Å². The number of amides is 1. The fourth-order valence-corrected chi connectivity index (χ4v) is 3.61. The molecule has 0 aliphatic rings. The van der Waals surface area contributed by atoms with E-state index in [4.69, 9.17) is 5.73 Å². The highest BCUT2D eigenvalue weighted by atomic mass is 16.1. The number of nitrogens with two attached hydrogens (primary N) is 1. The number of fused-ring (bicyclic) bond motifs is 1. The van der Waals surface area contributed by atoms with Crippen LogP contribution < -0.4 is 11.1 Å². The van der Waals surface area contributed by atoms with Crippen LogP contribution in [0.1, 0.15) is 32.6 Å². The van der Waals surface area contributed by atoms with Gasteiger partial charge in [-0.15, -0.1) is 0 Å². The summed E-state index contributed by atoms with van der Waals surface area (Å²) in [6.45, 7) is 5.15. The lowest BCUT2D eigenvalue weighted by atomic mass is 9.96. The molecule has 146 valence electrons. The minimum absolute atomic E-state index is 0.141. The highest BCUT2D eigenvalue weighted by Gasteiger charge is 2.13. The van der Waals surface area contributed by atoms with Crippen molar-refractivity contribution in [3.63, 3.8) is 0 Å². The van der Waals surface area contributed by atoms with Crippen molar-refractivity contribution in [2.45, 2.75) is 26.9 Å². The summed E-state index contributed by atoms with van der Waals surface area (Å²) in [6, 6.07) is 14.0. The second kappa shape index (κ2) is 7.75. The molecule has 3 N–H and O–H groups in total. The van der Waals surface area contributed by atoms with Crippen molar-refractivity contribution in [2.75, 3.05) is 5.73 Å². The molecule has 29 heavy (non-hydrogen) atoms. The average Bonchev–Trinajstić information content (AvgIpc) is 3.18. The number of nitrogens with one attached hydrogen (secondary N) is 1. The van der Waals surface area contributed by atoms with Gasteiger partial charge < -0.3 is 11.1 Å². The number of anilines is 1. The van der Waals surface area contributed by atoms with E-state index in [1.165, 1.54) is 0 Å². The van der Waals surface area contributed by atoms with E-state index in [1.54, 1.807) is 23.3 Å². The Morgan fingerprint density at radius 2 is 1.93 bits per heavy atom. The van der Waals surface area contributed by atoms with Gasteiger partial charge in [0.25, 0.3) is 5.91 Å². The normalized spacial score (nSPS) is 11.0. The summed E-state index contributed by atoms with van der Waals surface area (Å²) < 4.78 is 1.77. The summed E-state index contributed by atoms with van der Waals surface area (Å²) >= 11 is 0. The topological polar surface area (TPSA) is 85.8 Å². The molecule has 2 aromatic heterocycles. The molecule has 0 saturated heterocycles.